The van der Waals surface area contributed by atoms with E-state index in [0.717, 1.165) is 53.4 Å². The van der Waals surface area contributed by atoms with Crippen LogP contribution in [0, 0.1) is 17.8 Å². The normalized spacial score (nSPS) is 17.7. The molecule has 5 unspecified atom stereocenters. The Hall–Kier alpha value is 0.230. The lowest BCUT2D eigenvalue weighted by Crippen LogP contribution is -2.45. The summed E-state index contributed by atoms with van der Waals surface area (Å²) >= 11 is 0. The summed E-state index contributed by atoms with van der Waals surface area (Å²) in [5, 5.41) is 5.31. The minimum atomic E-state index is -0.422. The van der Waals surface area contributed by atoms with E-state index in [0.29, 0.717) is 0 Å². The zero-order valence-electron chi connectivity index (χ0n) is 28.1. The molecule has 0 aromatic heterocycles. The van der Waals surface area contributed by atoms with E-state index in [4.69, 9.17) is 9.57 Å². The van der Waals surface area contributed by atoms with Crippen LogP contribution in [0.3, 0.4) is 0 Å². The third-order valence-electron chi connectivity index (χ3n) is 6.99. The molecule has 1 aliphatic rings. The number of hydrogen-bond donors (Lipinski definition) is 0. The lowest BCUT2D eigenvalue weighted by molar-refractivity contribution is -0.210. The first-order valence-corrected chi connectivity index (χ1v) is 17.2. The number of benzene rings is 1. The average molecular weight is 602 g/mol. The molecule has 1 aromatic rings. The van der Waals surface area contributed by atoms with Gasteiger partial charge in [0.2, 0.25) is 0 Å². The zero-order chi connectivity index (χ0) is 30.6. The molecule has 0 amide bonds. The number of hydrogen-bond acceptors (Lipinski definition) is 3. The summed E-state index contributed by atoms with van der Waals surface area (Å²) in [7, 11) is 12.7. The maximum Gasteiger partial charge on any atom is 0.131 e. The summed E-state index contributed by atoms with van der Waals surface area (Å²) in [6.45, 7) is 24.4. The molecule has 0 radical (unpaired) electrons. The van der Waals surface area contributed by atoms with Gasteiger partial charge in [0.15, 0.2) is 0 Å². The SMILES string of the molecule is CC(C)C.CCCC(C)C.CCCC(C)CCCC1(C)CCc2c(P)c(C(C)(C)ON(C)C)c(P)c(P)c2O1. The summed E-state index contributed by atoms with van der Waals surface area (Å²) in [6, 6.07) is 0. The number of rotatable bonds is 11. The molecule has 0 N–H and O–H groups in total. The summed E-state index contributed by atoms with van der Waals surface area (Å²) in [5.74, 6) is 3.61. The second kappa shape index (κ2) is 18.7. The molecule has 1 heterocycles. The molecule has 0 aliphatic carbocycles. The van der Waals surface area contributed by atoms with E-state index in [2.05, 4.69) is 104 Å². The van der Waals surface area contributed by atoms with Crippen molar-refractivity contribution in [3.63, 3.8) is 0 Å². The van der Waals surface area contributed by atoms with Crippen LogP contribution in [-0.4, -0.2) is 24.8 Å². The summed E-state index contributed by atoms with van der Waals surface area (Å²) in [5.41, 5.74) is 2.03. The lowest BCUT2D eigenvalue weighted by atomic mass is 9.85. The van der Waals surface area contributed by atoms with E-state index >= 15 is 0 Å². The first kappa shape index (κ1) is 39.2. The second-order valence-corrected chi connectivity index (χ2v) is 15.3. The Kier molecular flexibility index (Phi) is 18.8. The standard InChI is InChI=1S/C23H42NO2P3.C6H14.C4H10/c1-8-10-15(2)11-9-13-23(5)14-12-16-18(25-23)21(29)20(28)17(19(16)27)22(3,4)26-24(6)7;1-4-5-6(2)3;1-4(2)3/h15H,8-14,27-29H2,1-7H3;6H,4-5H2,1-3H3;4H,1-3H3. The topological polar surface area (TPSA) is 21.7 Å². The third-order valence-corrected chi connectivity index (χ3v) is 9.13. The molecular formula is C33H66NO2P3. The van der Waals surface area contributed by atoms with Gasteiger partial charge >= 0.3 is 0 Å². The Balaban J connectivity index is 0.00000123. The number of fused-ring (bicyclic) bond motifs is 1. The first-order chi connectivity index (χ1) is 17.9. The van der Waals surface area contributed by atoms with Crippen molar-refractivity contribution in [3.8, 4) is 5.75 Å². The molecular weight excluding hydrogens is 535 g/mol. The van der Waals surface area contributed by atoms with E-state index in [9.17, 15) is 0 Å². The molecule has 6 heteroatoms. The van der Waals surface area contributed by atoms with Crippen LogP contribution in [0.5, 0.6) is 5.75 Å². The Morgan fingerprint density at radius 1 is 0.897 bits per heavy atom. The molecule has 0 bridgehead atoms. The van der Waals surface area contributed by atoms with Crippen molar-refractivity contribution in [3.05, 3.63) is 11.1 Å². The fraction of sp³-hybridized carbons (Fsp3) is 0.818. The number of hydroxylamine groups is 2. The highest BCUT2D eigenvalue weighted by molar-refractivity contribution is 7.37. The Morgan fingerprint density at radius 2 is 1.44 bits per heavy atom. The van der Waals surface area contributed by atoms with Gasteiger partial charge in [0.25, 0.3) is 0 Å². The number of ether oxygens (including phenoxy) is 1. The maximum absolute atomic E-state index is 6.70. The predicted octanol–water partition coefficient (Wildman–Crippen LogP) is 8.71. The van der Waals surface area contributed by atoms with Crippen molar-refractivity contribution in [1.29, 1.82) is 0 Å². The van der Waals surface area contributed by atoms with Crippen LogP contribution in [0.4, 0.5) is 0 Å². The van der Waals surface area contributed by atoms with E-state index in [-0.39, 0.29) is 5.60 Å². The largest absolute Gasteiger partial charge is 0.487 e. The lowest BCUT2D eigenvalue weighted by Gasteiger charge is -2.40. The highest BCUT2D eigenvalue weighted by Gasteiger charge is 2.37. The Labute approximate surface area is 251 Å². The zero-order valence-corrected chi connectivity index (χ0v) is 31.6. The minimum absolute atomic E-state index is 0.0738. The molecule has 39 heavy (non-hydrogen) atoms. The summed E-state index contributed by atoms with van der Waals surface area (Å²) < 4.78 is 6.70. The fourth-order valence-electron chi connectivity index (χ4n) is 5.26. The van der Waals surface area contributed by atoms with Crippen molar-refractivity contribution >= 4 is 43.6 Å². The van der Waals surface area contributed by atoms with Gasteiger partial charge in [-0.05, 0) is 74.8 Å². The van der Waals surface area contributed by atoms with Crippen LogP contribution in [0.25, 0.3) is 0 Å². The van der Waals surface area contributed by atoms with Crippen LogP contribution < -0.4 is 20.7 Å². The van der Waals surface area contributed by atoms with Crippen LogP contribution in [0.15, 0.2) is 0 Å². The van der Waals surface area contributed by atoms with Gasteiger partial charge < -0.3 is 4.74 Å². The predicted molar refractivity (Wildman–Crippen MR) is 188 cm³/mol. The first-order valence-electron chi connectivity index (χ1n) is 15.5. The fourth-order valence-corrected chi connectivity index (χ4v) is 7.21. The molecule has 0 spiro atoms. The molecule has 0 fully saturated rings. The van der Waals surface area contributed by atoms with E-state index in [1.165, 1.54) is 55.0 Å². The average Bonchev–Trinajstić information content (AvgIpc) is 2.76. The Bertz CT molecular complexity index is 836. The van der Waals surface area contributed by atoms with E-state index in [1.54, 1.807) is 5.06 Å². The van der Waals surface area contributed by atoms with Crippen molar-refractivity contribution < 1.29 is 9.57 Å². The number of nitrogens with zero attached hydrogens (tertiary/aromatic N) is 1. The van der Waals surface area contributed by atoms with E-state index < -0.39 is 5.60 Å². The molecule has 230 valence electrons. The van der Waals surface area contributed by atoms with Gasteiger partial charge in [0.1, 0.15) is 17.0 Å². The van der Waals surface area contributed by atoms with Crippen molar-refractivity contribution in [2.75, 3.05) is 14.1 Å². The van der Waals surface area contributed by atoms with Gasteiger partial charge in [0, 0.05) is 30.5 Å². The van der Waals surface area contributed by atoms with E-state index in [1.807, 2.05) is 14.1 Å². The van der Waals surface area contributed by atoms with Crippen molar-refractivity contribution in [2.45, 2.75) is 145 Å². The molecule has 5 atom stereocenters. The molecule has 2 rings (SSSR count). The maximum atomic E-state index is 6.70. The van der Waals surface area contributed by atoms with Gasteiger partial charge in [-0.2, -0.15) is 5.06 Å². The third kappa shape index (κ3) is 14.3. The van der Waals surface area contributed by atoms with Gasteiger partial charge in [-0.3, -0.25) is 4.84 Å². The molecule has 1 aromatic carbocycles. The quantitative estimate of drug-likeness (QED) is 0.187. The molecule has 0 saturated carbocycles. The molecule has 1 aliphatic heterocycles. The minimum Gasteiger partial charge on any atom is -0.487 e. The smallest absolute Gasteiger partial charge is 0.131 e. The highest BCUT2D eigenvalue weighted by atomic mass is 31.0. The highest BCUT2D eigenvalue weighted by Crippen LogP contribution is 2.38. The Morgan fingerprint density at radius 3 is 1.87 bits per heavy atom. The molecule has 0 saturated heterocycles. The van der Waals surface area contributed by atoms with Gasteiger partial charge in [-0.15, -0.1) is 27.7 Å². The van der Waals surface area contributed by atoms with Crippen LogP contribution in [0.2, 0.25) is 0 Å². The van der Waals surface area contributed by atoms with Gasteiger partial charge in [0.05, 0.1) is 0 Å². The second-order valence-electron chi connectivity index (χ2n) is 13.6. The van der Waals surface area contributed by atoms with Gasteiger partial charge in [-0.25, -0.2) is 0 Å². The molecule has 3 nitrogen and oxygen atoms in total. The summed E-state index contributed by atoms with van der Waals surface area (Å²) in [6.07, 6.45) is 11.1. The monoisotopic (exact) mass is 601 g/mol. The van der Waals surface area contributed by atoms with Crippen LogP contribution in [0.1, 0.15) is 139 Å². The summed E-state index contributed by atoms with van der Waals surface area (Å²) in [4.78, 5) is 6.12. The van der Waals surface area contributed by atoms with Gasteiger partial charge in [-0.1, -0.05) is 87.5 Å². The van der Waals surface area contributed by atoms with Crippen LogP contribution in [-0.2, 0) is 16.9 Å². The van der Waals surface area contributed by atoms with Crippen LogP contribution >= 0.6 is 27.7 Å². The van der Waals surface area contributed by atoms with Crippen molar-refractivity contribution in [2.24, 2.45) is 17.8 Å². The van der Waals surface area contributed by atoms with Crippen molar-refractivity contribution in [1.82, 2.24) is 5.06 Å².